The lowest BCUT2D eigenvalue weighted by atomic mass is 10.2. The van der Waals surface area contributed by atoms with Crippen molar-refractivity contribution in [1.82, 2.24) is 0 Å². The summed E-state index contributed by atoms with van der Waals surface area (Å²) in [5, 5.41) is 0. The summed E-state index contributed by atoms with van der Waals surface area (Å²) in [7, 11) is 0. The minimum Gasteiger partial charge on any atom is -0.368 e. The van der Waals surface area contributed by atoms with Crippen LogP contribution in [-0.2, 0) is 0 Å². The van der Waals surface area contributed by atoms with Gasteiger partial charge in [0.25, 0.3) is 0 Å². The molecule has 13 heavy (non-hydrogen) atoms. The summed E-state index contributed by atoms with van der Waals surface area (Å²) in [5.41, 5.74) is 1.41. The molecule has 1 fully saturated rings. The maximum Gasteiger partial charge on any atom is 0.0504 e. The Morgan fingerprint density at radius 3 is 2.77 bits per heavy atom. The fourth-order valence-electron chi connectivity index (χ4n) is 1.98. The molecule has 2 heteroatoms. The highest BCUT2D eigenvalue weighted by Gasteiger charge is 2.21. The van der Waals surface area contributed by atoms with Crippen molar-refractivity contribution in [3.63, 3.8) is 0 Å². The predicted molar refractivity (Wildman–Crippen MR) is 65.2 cm³/mol. The fourth-order valence-corrected chi connectivity index (χ4v) is 2.67. The van der Waals surface area contributed by atoms with E-state index in [4.69, 9.17) is 0 Å². The van der Waals surface area contributed by atoms with Crippen molar-refractivity contribution in [3.8, 4) is 0 Å². The Hall–Kier alpha value is -0.250. The fraction of sp³-hybridized carbons (Fsp3) is 0.455. The van der Waals surface area contributed by atoms with Gasteiger partial charge in [-0.2, -0.15) is 0 Å². The van der Waals surface area contributed by atoms with Gasteiger partial charge in [-0.25, -0.2) is 0 Å². The summed E-state index contributed by atoms with van der Waals surface area (Å²) in [4.78, 5) is 2.52. The van der Waals surface area contributed by atoms with E-state index < -0.39 is 0 Å². The highest BCUT2D eigenvalue weighted by Crippen LogP contribution is 2.28. The first-order valence-corrected chi connectivity index (χ1v) is 5.88. The van der Waals surface area contributed by atoms with Crippen molar-refractivity contribution >= 4 is 28.3 Å². The number of nitrogens with zero attached hydrogens (tertiary/aromatic N) is 1. The maximum atomic E-state index is 2.52. The van der Waals surface area contributed by atoms with Crippen LogP contribution in [0.4, 0.5) is 5.69 Å². The molecule has 1 saturated heterocycles. The van der Waals surface area contributed by atoms with Crippen molar-refractivity contribution in [2.45, 2.75) is 25.8 Å². The van der Waals surface area contributed by atoms with Gasteiger partial charge in [0.1, 0.15) is 0 Å². The maximum absolute atomic E-state index is 2.52. The molecule has 0 spiro atoms. The topological polar surface area (TPSA) is 3.24 Å². The summed E-state index contributed by atoms with van der Waals surface area (Å²) in [5.74, 6) is 0. The normalized spacial score (nSPS) is 22.3. The summed E-state index contributed by atoms with van der Waals surface area (Å²) >= 11 is 2.42. The predicted octanol–water partition coefficient (Wildman–Crippen LogP) is 3.28. The molecular weight excluding hydrogens is 273 g/mol. The molecule has 0 aromatic heterocycles. The van der Waals surface area contributed by atoms with Gasteiger partial charge in [0.2, 0.25) is 0 Å². The van der Waals surface area contributed by atoms with E-state index >= 15 is 0 Å². The third-order valence-corrected chi connectivity index (χ3v) is 3.63. The van der Waals surface area contributed by atoms with E-state index in [1.807, 2.05) is 0 Å². The molecule has 1 aromatic carbocycles. The molecule has 1 nitrogen and oxygen atoms in total. The molecule has 0 N–H and O–H groups in total. The van der Waals surface area contributed by atoms with Crippen molar-refractivity contribution in [2.75, 3.05) is 11.4 Å². The molecule has 0 aliphatic carbocycles. The SMILES string of the molecule is CC1CCCN1c1ccccc1I. The number of hydrogen-bond donors (Lipinski definition) is 0. The van der Waals surface area contributed by atoms with E-state index in [-0.39, 0.29) is 0 Å². The molecule has 1 aliphatic rings. The molecule has 70 valence electrons. The van der Waals surface area contributed by atoms with E-state index in [1.165, 1.54) is 28.6 Å². The van der Waals surface area contributed by atoms with Crippen LogP contribution in [0, 0.1) is 3.57 Å². The molecule has 0 bridgehead atoms. The van der Waals surface area contributed by atoms with Crippen LogP contribution in [0.1, 0.15) is 19.8 Å². The van der Waals surface area contributed by atoms with Gasteiger partial charge in [0.05, 0.1) is 5.69 Å². The van der Waals surface area contributed by atoms with Crippen LogP contribution in [0.2, 0.25) is 0 Å². The smallest absolute Gasteiger partial charge is 0.0504 e. The highest BCUT2D eigenvalue weighted by atomic mass is 127. The second-order valence-corrected chi connectivity index (χ2v) is 4.80. The number of rotatable bonds is 1. The average Bonchev–Trinajstić information content (AvgIpc) is 2.52. The van der Waals surface area contributed by atoms with E-state index in [1.54, 1.807) is 0 Å². The standard InChI is InChI=1S/C11H14IN/c1-9-5-4-8-13(9)11-7-3-2-6-10(11)12/h2-3,6-7,9H,4-5,8H2,1H3. The molecule has 1 atom stereocenters. The lowest BCUT2D eigenvalue weighted by Crippen LogP contribution is -2.26. The molecule has 1 aliphatic heterocycles. The Labute approximate surface area is 93.3 Å². The Balaban J connectivity index is 2.29. The minimum absolute atomic E-state index is 0.718. The van der Waals surface area contributed by atoms with Crippen LogP contribution < -0.4 is 4.90 Å². The zero-order valence-electron chi connectivity index (χ0n) is 7.83. The van der Waals surface area contributed by atoms with Crippen LogP contribution in [0.25, 0.3) is 0 Å². The van der Waals surface area contributed by atoms with E-state index in [2.05, 4.69) is 58.7 Å². The monoisotopic (exact) mass is 287 g/mol. The molecule has 1 unspecified atom stereocenters. The van der Waals surface area contributed by atoms with E-state index in [9.17, 15) is 0 Å². The molecule has 0 radical (unpaired) electrons. The van der Waals surface area contributed by atoms with Crippen molar-refractivity contribution in [2.24, 2.45) is 0 Å². The second-order valence-electron chi connectivity index (χ2n) is 3.64. The largest absolute Gasteiger partial charge is 0.368 e. The summed E-state index contributed by atoms with van der Waals surface area (Å²) < 4.78 is 1.37. The van der Waals surface area contributed by atoms with Crippen LogP contribution >= 0.6 is 22.6 Å². The zero-order chi connectivity index (χ0) is 9.26. The average molecular weight is 287 g/mol. The van der Waals surface area contributed by atoms with Crippen molar-refractivity contribution in [3.05, 3.63) is 27.8 Å². The van der Waals surface area contributed by atoms with Gasteiger partial charge in [-0.15, -0.1) is 0 Å². The minimum atomic E-state index is 0.718. The van der Waals surface area contributed by atoms with Crippen molar-refractivity contribution in [1.29, 1.82) is 0 Å². The third-order valence-electron chi connectivity index (χ3n) is 2.71. The van der Waals surface area contributed by atoms with Gasteiger partial charge in [-0.05, 0) is 54.5 Å². The first kappa shape index (κ1) is 9.31. The lowest BCUT2D eigenvalue weighted by Gasteiger charge is -2.24. The Bertz CT molecular complexity index is 298. The summed E-state index contributed by atoms with van der Waals surface area (Å²) in [6.45, 7) is 3.54. The lowest BCUT2D eigenvalue weighted by molar-refractivity contribution is 0.734. The van der Waals surface area contributed by atoms with Gasteiger partial charge in [-0.1, -0.05) is 12.1 Å². The summed E-state index contributed by atoms with van der Waals surface area (Å²) in [6, 6.07) is 9.36. The molecule has 1 heterocycles. The molecule has 0 amide bonds. The van der Waals surface area contributed by atoms with Gasteiger partial charge >= 0.3 is 0 Å². The van der Waals surface area contributed by atoms with E-state index in [0.29, 0.717) is 0 Å². The van der Waals surface area contributed by atoms with Gasteiger partial charge in [-0.3, -0.25) is 0 Å². The van der Waals surface area contributed by atoms with Gasteiger partial charge in [0.15, 0.2) is 0 Å². The van der Waals surface area contributed by atoms with Crippen LogP contribution in [0.15, 0.2) is 24.3 Å². The van der Waals surface area contributed by atoms with Gasteiger partial charge in [0, 0.05) is 16.2 Å². The molecule has 0 saturated carbocycles. The number of anilines is 1. The number of hydrogen-bond acceptors (Lipinski definition) is 1. The Kier molecular flexibility index (Phi) is 2.77. The Morgan fingerprint density at radius 1 is 1.38 bits per heavy atom. The van der Waals surface area contributed by atoms with E-state index in [0.717, 1.165) is 6.04 Å². The van der Waals surface area contributed by atoms with Gasteiger partial charge < -0.3 is 4.90 Å². The van der Waals surface area contributed by atoms with Crippen molar-refractivity contribution < 1.29 is 0 Å². The Morgan fingerprint density at radius 2 is 2.15 bits per heavy atom. The highest BCUT2D eigenvalue weighted by molar-refractivity contribution is 14.1. The first-order chi connectivity index (χ1) is 6.29. The summed E-state index contributed by atoms with van der Waals surface area (Å²) in [6.07, 6.45) is 2.68. The van der Waals surface area contributed by atoms with Crippen LogP contribution in [0.5, 0.6) is 0 Å². The molecular formula is C11H14IN. The number of para-hydroxylation sites is 1. The number of halogens is 1. The number of benzene rings is 1. The van der Waals surface area contributed by atoms with Crippen LogP contribution in [0.3, 0.4) is 0 Å². The second kappa shape index (κ2) is 3.86. The zero-order valence-corrected chi connectivity index (χ0v) is 9.99. The van der Waals surface area contributed by atoms with Crippen LogP contribution in [-0.4, -0.2) is 12.6 Å². The third kappa shape index (κ3) is 1.82. The molecule has 1 aromatic rings. The molecule has 2 rings (SSSR count). The quantitative estimate of drug-likeness (QED) is 0.716. The first-order valence-electron chi connectivity index (χ1n) is 4.80.